The summed E-state index contributed by atoms with van der Waals surface area (Å²) >= 11 is 3.52. The van der Waals surface area contributed by atoms with Gasteiger partial charge < -0.3 is 9.73 Å². The van der Waals surface area contributed by atoms with Crippen LogP contribution in [-0.4, -0.2) is 20.5 Å². The van der Waals surface area contributed by atoms with Gasteiger partial charge in [-0.25, -0.2) is 4.68 Å². The van der Waals surface area contributed by atoms with E-state index in [-0.39, 0.29) is 17.7 Å². The number of rotatable bonds is 2. The maximum atomic E-state index is 13.1. The van der Waals surface area contributed by atoms with Gasteiger partial charge in [0.05, 0.1) is 6.26 Å². The smallest absolute Gasteiger partial charge is 0.226 e. The second kappa shape index (κ2) is 5.95. The monoisotopic (exact) mass is 410 g/mol. The Morgan fingerprint density at radius 1 is 1.23 bits per heavy atom. The molecule has 0 spiro atoms. The molecule has 0 saturated heterocycles. The van der Waals surface area contributed by atoms with E-state index in [2.05, 4.69) is 31.3 Å². The number of hydrogen-bond donors (Lipinski definition) is 1. The molecule has 0 radical (unpaired) electrons. The molecular weight excluding hydrogens is 396 g/mol. The highest BCUT2D eigenvalue weighted by Gasteiger charge is 2.39. The van der Waals surface area contributed by atoms with Crippen LogP contribution in [0.3, 0.4) is 0 Å². The molecule has 3 heterocycles. The van der Waals surface area contributed by atoms with Crippen molar-refractivity contribution in [2.75, 3.05) is 5.32 Å². The predicted octanol–water partition coefficient (Wildman–Crippen LogP) is 4.05. The van der Waals surface area contributed by atoms with Crippen LogP contribution in [0, 0.1) is 0 Å². The number of nitrogens with one attached hydrogen (secondary N) is 1. The van der Waals surface area contributed by atoms with Crippen LogP contribution in [-0.2, 0) is 4.79 Å². The lowest BCUT2D eigenvalue weighted by Crippen LogP contribution is -2.33. The first-order valence-corrected chi connectivity index (χ1v) is 9.21. The van der Waals surface area contributed by atoms with Crippen LogP contribution in [0.1, 0.15) is 36.1 Å². The molecule has 26 heavy (non-hydrogen) atoms. The summed E-state index contributed by atoms with van der Waals surface area (Å²) in [6.45, 7) is 0. The second-order valence-corrected chi connectivity index (χ2v) is 7.46. The van der Waals surface area contributed by atoms with Crippen LogP contribution >= 0.6 is 15.9 Å². The molecule has 0 fully saturated rings. The van der Waals surface area contributed by atoms with E-state index < -0.39 is 0 Å². The highest BCUT2D eigenvalue weighted by molar-refractivity contribution is 9.10. The molecule has 1 aliphatic heterocycles. The third kappa shape index (κ3) is 2.42. The van der Waals surface area contributed by atoms with Crippen molar-refractivity contribution in [3.63, 3.8) is 0 Å². The van der Waals surface area contributed by atoms with Gasteiger partial charge in [-0.2, -0.15) is 10.1 Å². The summed E-state index contributed by atoms with van der Waals surface area (Å²) in [6.07, 6.45) is 4.31. The Labute approximate surface area is 158 Å². The zero-order chi connectivity index (χ0) is 17.7. The summed E-state index contributed by atoms with van der Waals surface area (Å²) < 4.78 is 8.29. The van der Waals surface area contributed by atoms with Crippen LogP contribution in [0.2, 0.25) is 0 Å². The van der Waals surface area contributed by atoms with Gasteiger partial charge in [0.15, 0.2) is 5.78 Å². The fraction of sp³-hybridized carbons (Fsp3) is 0.211. The zero-order valence-electron chi connectivity index (χ0n) is 13.7. The molecule has 1 aliphatic carbocycles. The van der Waals surface area contributed by atoms with Gasteiger partial charge >= 0.3 is 0 Å². The summed E-state index contributed by atoms with van der Waals surface area (Å²) in [7, 11) is 0. The molecule has 0 bridgehead atoms. The van der Waals surface area contributed by atoms with E-state index in [1.165, 1.54) is 6.33 Å². The lowest BCUT2D eigenvalue weighted by molar-refractivity contribution is -0.117. The van der Waals surface area contributed by atoms with Crippen LogP contribution < -0.4 is 5.32 Å². The molecule has 3 aromatic rings. The molecule has 2 atom stereocenters. The van der Waals surface area contributed by atoms with Crippen molar-refractivity contribution in [2.24, 2.45) is 0 Å². The van der Waals surface area contributed by atoms with E-state index in [9.17, 15) is 4.79 Å². The number of ketones is 1. The van der Waals surface area contributed by atoms with E-state index in [1.807, 2.05) is 36.4 Å². The average Bonchev–Trinajstić information content (AvgIpc) is 3.31. The summed E-state index contributed by atoms with van der Waals surface area (Å²) in [5.74, 6) is 1.66. The van der Waals surface area contributed by atoms with Gasteiger partial charge in [-0.05, 0) is 36.2 Å². The SMILES string of the molecule is O=C1C[C@H](c2ccco2)CC2=C1[C@H](c1cccc(Br)c1)n1ncnc1N2. The van der Waals surface area contributed by atoms with Crippen molar-refractivity contribution >= 4 is 27.7 Å². The summed E-state index contributed by atoms with van der Waals surface area (Å²) in [4.78, 5) is 17.4. The molecule has 2 aliphatic rings. The van der Waals surface area contributed by atoms with Crippen LogP contribution in [0.4, 0.5) is 5.95 Å². The molecule has 0 amide bonds. The molecule has 2 aromatic heterocycles. The van der Waals surface area contributed by atoms with Crippen molar-refractivity contribution in [3.05, 3.63) is 76.1 Å². The number of Topliss-reactive ketones (excluding diaryl/α,β-unsaturated/α-hetero) is 1. The summed E-state index contributed by atoms with van der Waals surface area (Å²) in [5, 5.41) is 7.67. The first-order chi connectivity index (χ1) is 12.7. The molecule has 1 N–H and O–H groups in total. The van der Waals surface area contributed by atoms with Crippen molar-refractivity contribution in [1.29, 1.82) is 0 Å². The van der Waals surface area contributed by atoms with E-state index in [0.717, 1.165) is 27.1 Å². The van der Waals surface area contributed by atoms with E-state index in [1.54, 1.807) is 10.9 Å². The number of halogens is 1. The van der Waals surface area contributed by atoms with Crippen molar-refractivity contribution in [3.8, 4) is 0 Å². The maximum absolute atomic E-state index is 13.1. The molecule has 1 aromatic carbocycles. The first-order valence-electron chi connectivity index (χ1n) is 8.42. The number of aromatic nitrogens is 3. The maximum Gasteiger partial charge on any atom is 0.226 e. The fourth-order valence-corrected chi connectivity index (χ4v) is 4.28. The number of carbonyl (C=O) groups excluding carboxylic acids is 1. The number of furan rings is 1. The average molecular weight is 411 g/mol. The number of allylic oxidation sites excluding steroid dienone is 2. The Bertz CT molecular complexity index is 1020. The lowest BCUT2D eigenvalue weighted by Gasteiger charge is -2.34. The van der Waals surface area contributed by atoms with E-state index >= 15 is 0 Å². The summed E-state index contributed by atoms with van der Waals surface area (Å²) in [5.41, 5.74) is 2.68. The molecule has 0 unspecified atom stereocenters. The van der Waals surface area contributed by atoms with Gasteiger partial charge in [0, 0.05) is 28.1 Å². The molecule has 130 valence electrons. The molecular formula is C19H15BrN4O2. The second-order valence-electron chi connectivity index (χ2n) is 6.55. The third-order valence-corrected chi connectivity index (χ3v) is 5.46. The highest BCUT2D eigenvalue weighted by Crippen LogP contribution is 2.44. The Balaban J connectivity index is 1.63. The van der Waals surface area contributed by atoms with Gasteiger partial charge in [0.1, 0.15) is 18.1 Å². The van der Waals surface area contributed by atoms with Crippen molar-refractivity contribution in [1.82, 2.24) is 14.8 Å². The number of anilines is 1. The Morgan fingerprint density at radius 3 is 2.96 bits per heavy atom. The van der Waals surface area contributed by atoms with Gasteiger partial charge in [0.2, 0.25) is 5.95 Å². The van der Waals surface area contributed by atoms with Gasteiger partial charge in [0.25, 0.3) is 0 Å². The number of nitrogens with zero attached hydrogens (tertiary/aromatic N) is 3. The van der Waals surface area contributed by atoms with Gasteiger partial charge in [-0.15, -0.1) is 0 Å². The largest absolute Gasteiger partial charge is 0.469 e. The first kappa shape index (κ1) is 15.6. The minimum atomic E-state index is -0.272. The molecule has 7 heteroatoms. The highest BCUT2D eigenvalue weighted by atomic mass is 79.9. The number of hydrogen-bond acceptors (Lipinski definition) is 5. The Hall–Kier alpha value is -2.67. The van der Waals surface area contributed by atoms with Gasteiger partial charge in [-0.3, -0.25) is 4.79 Å². The van der Waals surface area contributed by atoms with Crippen LogP contribution in [0.25, 0.3) is 0 Å². The summed E-state index contributed by atoms with van der Waals surface area (Å²) in [6, 6.07) is 11.5. The Kier molecular flexibility index (Phi) is 3.56. The van der Waals surface area contributed by atoms with Gasteiger partial charge in [-0.1, -0.05) is 28.1 Å². The predicted molar refractivity (Wildman–Crippen MR) is 98.6 cm³/mol. The number of fused-ring (bicyclic) bond motifs is 1. The standard InChI is InChI=1S/C19H15BrN4O2/c20-13-4-1-3-11(7-13)18-17-14(23-19-21-10-22-24(18)19)8-12(9-15(17)25)16-5-2-6-26-16/h1-7,10,12,18H,8-9H2,(H,21,22,23)/t12-,18+/m1/s1. The third-order valence-electron chi connectivity index (χ3n) is 4.97. The molecule has 0 saturated carbocycles. The molecule has 5 rings (SSSR count). The Morgan fingerprint density at radius 2 is 2.15 bits per heavy atom. The lowest BCUT2D eigenvalue weighted by atomic mass is 9.79. The minimum Gasteiger partial charge on any atom is -0.469 e. The van der Waals surface area contributed by atoms with E-state index in [4.69, 9.17) is 4.42 Å². The number of benzene rings is 1. The normalized spacial score (nSPS) is 22.0. The van der Waals surface area contributed by atoms with E-state index in [0.29, 0.717) is 18.8 Å². The van der Waals surface area contributed by atoms with Crippen LogP contribution in [0.5, 0.6) is 0 Å². The minimum absolute atomic E-state index is 0.0429. The fourth-order valence-electron chi connectivity index (χ4n) is 3.86. The van der Waals surface area contributed by atoms with Crippen LogP contribution in [0.15, 0.2) is 69.1 Å². The molecule has 6 nitrogen and oxygen atoms in total. The quantitative estimate of drug-likeness (QED) is 0.689. The number of carbonyl (C=O) groups is 1. The topological polar surface area (TPSA) is 73.0 Å². The van der Waals surface area contributed by atoms with Crippen molar-refractivity contribution in [2.45, 2.75) is 24.8 Å². The zero-order valence-corrected chi connectivity index (χ0v) is 15.3. The van der Waals surface area contributed by atoms with Crippen molar-refractivity contribution < 1.29 is 9.21 Å².